The predicted molar refractivity (Wildman–Crippen MR) is 61.7 cm³/mol. The van der Waals surface area contributed by atoms with E-state index in [9.17, 15) is 0 Å². The smallest absolute Gasteiger partial charge is 0.127 e. The van der Waals surface area contributed by atoms with Crippen molar-refractivity contribution < 1.29 is 0 Å². The molecular formula is C12H20N2. The van der Waals surface area contributed by atoms with E-state index in [1.54, 1.807) is 0 Å². The minimum Gasteiger partial charge on any atom is -0.363 e. The van der Waals surface area contributed by atoms with Gasteiger partial charge in [0.15, 0.2) is 0 Å². The van der Waals surface area contributed by atoms with Crippen LogP contribution >= 0.6 is 0 Å². The molecule has 0 bridgehead atoms. The van der Waals surface area contributed by atoms with Gasteiger partial charge in [-0.15, -0.1) is 0 Å². The highest BCUT2D eigenvalue weighted by Gasteiger charge is 2.02. The summed E-state index contributed by atoms with van der Waals surface area (Å²) in [6.45, 7) is 4.51. The van der Waals surface area contributed by atoms with Gasteiger partial charge in [0.2, 0.25) is 0 Å². The second-order valence-electron chi connectivity index (χ2n) is 4.14. The van der Waals surface area contributed by atoms with Gasteiger partial charge in [0.25, 0.3) is 0 Å². The van der Waals surface area contributed by atoms with Gasteiger partial charge in [0.05, 0.1) is 0 Å². The van der Waals surface area contributed by atoms with Crippen LogP contribution in [0.25, 0.3) is 0 Å². The maximum absolute atomic E-state index is 4.39. The second kappa shape index (κ2) is 4.99. The molecule has 0 aliphatic heterocycles. The van der Waals surface area contributed by atoms with E-state index in [1.807, 2.05) is 25.2 Å². The molecule has 1 rings (SSSR count). The first-order chi connectivity index (χ1) is 6.63. The topological polar surface area (TPSA) is 16.1 Å². The first kappa shape index (κ1) is 11.0. The SMILES string of the molecule is CCC(C)Cc1ccc(N(C)C)nc1. The van der Waals surface area contributed by atoms with Gasteiger partial charge >= 0.3 is 0 Å². The lowest BCUT2D eigenvalue weighted by atomic mass is 10.0. The molecule has 1 heterocycles. The van der Waals surface area contributed by atoms with Crippen LogP contribution in [0.15, 0.2) is 18.3 Å². The zero-order chi connectivity index (χ0) is 10.6. The molecular weight excluding hydrogens is 172 g/mol. The lowest BCUT2D eigenvalue weighted by molar-refractivity contribution is 0.559. The van der Waals surface area contributed by atoms with E-state index in [0.717, 1.165) is 18.2 Å². The van der Waals surface area contributed by atoms with Gasteiger partial charge in [0, 0.05) is 20.3 Å². The van der Waals surface area contributed by atoms with E-state index in [4.69, 9.17) is 0 Å². The highest BCUT2D eigenvalue weighted by molar-refractivity contribution is 5.37. The monoisotopic (exact) mass is 192 g/mol. The van der Waals surface area contributed by atoms with Crippen LogP contribution in [-0.4, -0.2) is 19.1 Å². The molecule has 0 fully saturated rings. The fourth-order valence-electron chi connectivity index (χ4n) is 1.35. The number of hydrogen-bond donors (Lipinski definition) is 0. The van der Waals surface area contributed by atoms with Crippen molar-refractivity contribution in [1.29, 1.82) is 0 Å². The third-order valence-corrected chi connectivity index (χ3v) is 2.55. The summed E-state index contributed by atoms with van der Waals surface area (Å²) in [6, 6.07) is 4.26. The molecule has 2 heteroatoms. The van der Waals surface area contributed by atoms with E-state index in [0.29, 0.717) is 0 Å². The molecule has 0 radical (unpaired) electrons. The average molecular weight is 192 g/mol. The van der Waals surface area contributed by atoms with Gasteiger partial charge in [-0.25, -0.2) is 4.98 Å². The number of rotatable bonds is 4. The Labute approximate surface area is 87.0 Å². The number of pyridine rings is 1. The van der Waals surface area contributed by atoms with Crippen LogP contribution in [0.1, 0.15) is 25.8 Å². The summed E-state index contributed by atoms with van der Waals surface area (Å²) in [5, 5.41) is 0. The number of aromatic nitrogens is 1. The van der Waals surface area contributed by atoms with Crippen LogP contribution in [0.5, 0.6) is 0 Å². The lowest BCUT2D eigenvalue weighted by Crippen LogP contribution is -2.10. The van der Waals surface area contributed by atoms with Gasteiger partial charge in [-0.3, -0.25) is 0 Å². The molecule has 2 nitrogen and oxygen atoms in total. The third kappa shape index (κ3) is 3.02. The van der Waals surface area contributed by atoms with Gasteiger partial charge in [0.1, 0.15) is 5.82 Å². The number of nitrogens with zero attached hydrogens (tertiary/aromatic N) is 2. The van der Waals surface area contributed by atoms with Crippen LogP contribution in [0.3, 0.4) is 0 Å². The van der Waals surface area contributed by atoms with E-state index in [-0.39, 0.29) is 0 Å². The van der Waals surface area contributed by atoms with Crippen molar-refractivity contribution in [1.82, 2.24) is 4.98 Å². The molecule has 0 N–H and O–H groups in total. The van der Waals surface area contributed by atoms with E-state index in [1.165, 1.54) is 12.0 Å². The van der Waals surface area contributed by atoms with Crippen LogP contribution < -0.4 is 4.90 Å². The van der Waals surface area contributed by atoms with Crippen LogP contribution in [-0.2, 0) is 6.42 Å². The Morgan fingerprint density at radius 2 is 2.07 bits per heavy atom. The Morgan fingerprint density at radius 3 is 2.50 bits per heavy atom. The lowest BCUT2D eigenvalue weighted by Gasteiger charge is -2.12. The van der Waals surface area contributed by atoms with Gasteiger partial charge in [-0.05, 0) is 24.0 Å². The molecule has 0 spiro atoms. The summed E-state index contributed by atoms with van der Waals surface area (Å²) in [5.41, 5.74) is 1.34. The highest BCUT2D eigenvalue weighted by atomic mass is 15.1. The van der Waals surface area contributed by atoms with Crippen molar-refractivity contribution in [3.8, 4) is 0 Å². The fraction of sp³-hybridized carbons (Fsp3) is 0.583. The molecule has 0 amide bonds. The van der Waals surface area contributed by atoms with Crippen molar-refractivity contribution in [3.05, 3.63) is 23.9 Å². The zero-order valence-electron chi connectivity index (χ0n) is 9.62. The average Bonchev–Trinajstić information content (AvgIpc) is 2.18. The minimum absolute atomic E-state index is 0.752. The minimum atomic E-state index is 0.752. The Bertz CT molecular complexity index is 264. The van der Waals surface area contributed by atoms with E-state index < -0.39 is 0 Å². The predicted octanol–water partition coefficient (Wildman–Crippen LogP) is 2.74. The maximum atomic E-state index is 4.39. The first-order valence-electron chi connectivity index (χ1n) is 5.25. The molecule has 1 atom stereocenters. The summed E-state index contributed by atoms with van der Waals surface area (Å²) in [4.78, 5) is 6.41. The largest absolute Gasteiger partial charge is 0.363 e. The maximum Gasteiger partial charge on any atom is 0.127 e. The van der Waals surface area contributed by atoms with Crippen molar-refractivity contribution in [2.75, 3.05) is 19.0 Å². The van der Waals surface area contributed by atoms with Crippen molar-refractivity contribution in [3.63, 3.8) is 0 Å². The van der Waals surface area contributed by atoms with Crippen LogP contribution in [0, 0.1) is 5.92 Å². The molecule has 14 heavy (non-hydrogen) atoms. The van der Waals surface area contributed by atoms with E-state index in [2.05, 4.69) is 31.0 Å². The fourth-order valence-corrected chi connectivity index (χ4v) is 1.35. The van der Waals surface area contributed by atoms with E-state index >= 15 is 0 Å². The van der Waals surface area contributed by atoms with Gasteiger partial charge in [-0.2, -0.15) is 0 Å². The Kier molecular flexibility index (Phi) is 3.93. The first-order valence-corrected chi connectivity index (χ1v) is 5.25. The van der Waals surface area contributed by atoms with Crippen molar-refractivity contribution in [2.24, 2.45) is 5.92 Å². The third-order valence-electron chi connectivity index (χ3n) is 2.55. The Hall–Kier alpha value is -1.05. The second-order valence-corrected chi connectivity index (χ2v) is 4.14. The number of anilines is 1. The van der Waals surface area contributed by atoms with Crippen LogP contribution in [0.2, 0.25) is 0 Å². The van der Waals surface area contributed by atoms with Crippen LogP contribution in [0.4, 0.5) is 5.82 Å². The number of hydrogen-bond acceptors (Lipinski definition) is 2. The molecule has 1 aromatic rings. The quantitative estimate of drug-likeness (QED) is 0.729. The molecule has 1 unspecified atom stereocenters. The summed E-state index contributed by atoms with van der Waals surface area (Å²) < 4.78 is 0. The molecule has 78 valence electrons. The molecule has 0 aliphatic carbocycles. The highest BCUT2D eigenvalue weighted by Crippen LogP contribution is 2.13. The van der Waals surface area contributed by atoms with Crippen molar-refractivity contribution in [2.45, 2.75) is 26.7 Å². The molecule has 0 aliphatic rings. The molecule has 0 saturated carbocycles. The van der Waals surface area contributed by atoms with Gasteiger partial charge in [-0.1, -0.05) is 26.3 Å². The molecule has 1 aromatic heterocycles. The standard InChI is InChI=1S/C12H20N2/c1-5-10(2)8-11-6-7-12(13-9-11)14(3)4/h6-7,9-10H,5,8H2,1-4H3. The Balaban J connectivity index is 2.64. The normalized spacial score (nSPS) is 12.6. The Morgan fingerprint density at radius 1 is 1.36 bits per heavy atom. The summed E-state index contributed by atoms with van der Waals surface area (Å²) in [7, 11) is 4.02. The molecule has 0 saturated heterocycles. The zero-order valence-corrected chi connectivity index (χ0v) is 9.62. The summed E-state index contributed by atoms with van der Waals surface area (Å²) in [6.07, 6.45) is 4.36. The van der Waals surface area contributed by atoms with Gasteiger partial charge < -0.3 is 4.90 Å². The van der Waals surface area contributed by atoms with Crippen molar-refractivity contribution >= 4 is 5.82 Å². The molecule has 0 aromatic carbocycles. The summed E-state index contributed by atoms with van der Waals surface area (Å²) >= 11 is 0. The summed E-state index contributed by atoms with van der Waals surface area (Å²) in [5.74, 6) is 1.78.